The van der Waals surface area contributed by atoms with Crippen LogP contribution >= 0.6 is 0 Å². The summed E-state index contributed by atoms with van der Waals surface area (Å²) in [7, 11) is 3.44. The van der Waals surface area contributed by atoms with Crippen molar-refractivity contribution in [2.45, 2.75) is 58.5 Å². The normalized spacial score (nSPS) is 16.3. The maximum absolute atomic E-state index is 13.1. The Balaban J connectivity index is 0.000000365. The molecule has 1 aliphatic carbocycles. The van der Waals surface area contributed by atoms with Gasteiger partial charge in [-0.2, -0.15) is 0 Å². The molecule has 41 heavy (non-hydrogen) atoms. The van der Waals surface area contributed by atoms with E-state index in [0.29, 0.717) is 24.7 Å². The number of amides is 1. The molecule has 6 rings (SSSR count). The number of aromatic nitrogens is 6. The van der Waals surface area contributed by atoms with Crippen LogP contribution in [0.1, 0.15) is 60.8 Å². The van der Waals surface area contributed by atoms with E-state index in [1.165, 1.54) is 18.5 Å². The van der Waals surface area contributed by atoms with Crippen molar-refractivity contribution in [3.8, 4) is 5.75 Å². The molecular formula is C30H38N8O3. The average Bonchev–Trinajstić information content (AvgIpc) is 3.48. The highest BCUT2D eigenvalue weighted by atomic mass is 16.5. The van der Waals surface area contributed by atoms with E-state index in [1.54, 1.807) is 28.9 Å². The first-order chi connectivity index (χ1) is 19.8. The molecule has 1 N–H and O–H groups in total. The van der Waals surface area contributed by atoms with E-state index >= 15 is 0 Å². The van der Waals surface area contributed by atoms with E-state index in [0.717, 1.165) is 35.8 Å². The molecule has 0 bridgehead atoms. The van der Waals surface area contributed by atoms with E-state index in [9.17, 15) is 9.59 Å². The van der Waals surface area contributed by atoms with Gasteiger partial charge in [-0.1, -0.05) is 11.6 Å². The third kappa shape index (κ3) is 6.18. The predicted molar refractivity (Wildman–Crippen MR) is 158 cm³/mol. The lowest BCUT2D eigenvalue weighted by molar-refractivity contribution is 0.0938. The largest absolute Gasteiger partial charge is 0.495 e. The molecule has 4 aromatic rings. The second-order valence-electron chi connectivity index (χ2n) is 10.9. The van der Waals surface area contributed by atoms with Crippen LogP contribution in [0.15, 0.2) is 59.3 Å². The standard InChI is InChI=1S/C24H31N7O2.C6H7NO/c1-15(2)9-12-30-24(33)22(16(3)28(30)4)23(32)26-18-10-11-29(14-18)21-8-7-20-25-13-19(17-5-6-17)31(20)27-21;1-8-6-3-2-4-7-5-6/h7-9,13,17-18H,5-6,10-12,14H2,1-4H3,(H,26,32);2-5H,1H3/t18-;/m0./s1. The van der Waals surface area contributed by atoms with Gasteiger partial charge in [0.05, 0.1) is 31.7 Å². The minimum absolute atomic E-state index is 0.0362. The van der Waals surface area contributed by atoms with Crippen molar-refractivity contribution in [3.63, 3.8) is 0 Å². The number of methoxy groups -OCH3 is 1. The Bertz CT molecular complexity index is 1610. The van der Waals surface area contributed by atoms with Gasteiger partial charge in [0.15, 0.2) is 5.65 Å². The van der Waals surface area contributed by atoms with Crippen LogP contribution in [0.3, 0.4) is 0 Å². The Morgan fingerprint density at radius 3 is 2.63 bits per heavy atom. The fourth-order valence-corrected chi connectivity index (χ4v) is 5.02. The van der Waals surface area contributed by atoms with Gasteiger partial charge in [-0.05, 0) is 64.3 Å². The average molecular weight is 559 g/mol. The van der Waals surface area contributed by atoms with E-state index in [4.69, 9.17) is 9.84 Å². The first kappa shape index (κ1) is 28.1. The fraction of sp³-hybridized carbons (Fsp3) is 0.433. The van der Waals surface area contributed by atoms with Crippen molar-refractivity contribution in [1.29, 1.82) is 0 Å². The van der Waals surface area contributed by atoms with Crippen molar-refractivity contribution >= 4 is 17.4 Å². The number of nitrogens with zero attached hydrogens (tertiary/aromatic N) is 7. The van der Waals surface area contributed by atoms with Crippen molar-refractivity contribution < 1.29 is 9.53 Å². The zero-order valence-corrected chi connectivity index (χ0v) is 24.4. The van der Waals surface area contributed by atoms with Gasteiger partial charge >= 0.3 is 0 Å². The van der Waals surface area contributed by atoms with E-state index in [-0.39, 0.29) is 23.1 Å². The lowest BCUT2D eigenvalue weighted by Crippen LogP contribution is -2.39. The zero-order valence-electron chi connectivity index (χ0n) is 24.4. The molecule has 1 saturated carbocycles. The van der Waals surface area contributed by atoms with Gasteiger partial charge in [0.25, 0.3) is 11.5 Å². The summed E-state index contributed by atoms with van der Waals surface area (Å²) in [5.41, 5.74) is 3.83. The van der Waals surface area contributed by atoms with Crippen molar-refractivity contribution in [2.24, 2.45) is 7.05 Å². The fourth-order valence-electron chi connectivity index (χ4n) is 5.02. The third-order valence-corrected chi connectivity index (χ3v) is 7.64. The summed E-state index contributed by atoms with van der Waals surface area (Å²) < 4.78 is 10.2. The molecule has 2 fully saturated rings. The predicted octanol–water partition coefficient (Wildman–Crippen LogP) is 3.48. The van der Waals surface area contributed by atoms with Crippen LogP contribution in [-0.2, 0) is 13.6 Å². The number of carbonyl (C=O) groups excluding carboxylic acids is 1. The molecule has 0 unspecified atom stereocenters. The quantitative estimate of drug-likeness (QED) is 0.346. The first-order valence-corrected chi connectivity index (χ1v) is 14.0. The zero-order chi connectivity index (χ0) is 29.1. The second kappa shape index (κ2) is 12.0. The van der Waals surface area contributed by atoms with E-state index in [2.05, 4.69) is 20.2 Å². The lowest BCUT2D eigenvalue weighted by atomic mass is 10.2. The number of nitrogens with one attached hydrogen (secondary N) is 1. The highest BCUT2D eigenvalue weighted by Gasteiger charge is 2.30. The van der Waals surface area contributed by atoms with Crippen LogP contribution in [0.2, 0.25) is 0 Å². The number of pyridine rings is 1. The topological polar surface area (TPSA) is 112 Å². The van der Waals surface area contributed by atoms with Crippen LogP contribution in [-0.4, -0.2) is 61.1 Å². The van der Waals surface area contributed by atoms with Crippen molar-refractivity contribution in [2.75, 3.05) is 25.1 Å². The molecule has 216 valence electrons. The second-order valence-corrected chi connectivity index (χ2v) is 10.9. The molecule has 0 spiro atoms. The molecule has 5 heterocycles. The molecule has 4 aromatic heterocycles. The van der Waals surface area contributed by atoms with Crippen LogP contribution < -0.4 is 20.5 Å². The number of hydrogen-bond acceptors (Lipinski definition) is 7. The van der Waals surface area contributed by atoms with Crippen LogP contribution in [0, 0.1) is 6.92 Å². The number of imidazole rings is 1. The Morgan fingerprint density at radius 1 is 1.17 bits per heavy atom. The summed E-state index contributed by atoms with van der Waals surface area (Å²) in [6.07, 6.45) is 10.5. The molecule has 11 heteroatoms. The molecule has 11 nitrogen and oxygen atoms in total. The molecule has 2 aliphatic rings. The molecule has 1 amide bonds. The summed E-state index contributed by atoms with van der Waals surface area (Å²) >= 11 is 0. The van der Waals surface area contributed by atoms with Crippen molar-refractivity contribution in [3.05, 3.63) is 81.8 Å². The summed E-state index contributed by atoms with van der Waals surface area (Å²) in [5.74, 6) is 1.96. The van der Waals surface area contributed by atoms with Gasteiger partial charge in [-0.15, -0.1) is 5.10 Å². The molecule has 0 aromatic carbocycles. The van der Waals surface area contributed by atoms with Gasteiger partial charge in [-0.3, -0.25) is 19.3 Å². The van der Waals surface area contributed by atoms with Crippen molar-refractivity contribution in [1.82, 2.24) is 34.3 Å². The Hall–Kier alpha value is -4.41. The number of fused-ring (bicyclic) bond motifs is 1. The third-order valence-electron chi connectivity index (χ3n) is 7.64. The van der Waals surface area contributed by atoms with Gasteiger partial charge in [0.1, 0.15) is 17.1 Å². The van der Waals surface area contributed by atoms with Gasteiger partial charge in [-0.25, -0.2) is 14.2 Å². The molecule has 0 radical (unpaired) electrons. The number of anilines is 1. The minimum atomic E-state index is -0.301. The summed E-state index contributed by atoms with van der Waals surface area (Å²) in [4.78, 5) is 36.5. The summed E-state index contributed by atoms with van der Waals surface area (Å²) in [5, 5.41) is 7.92. The molecule has 1 saturated heterocycles. The lowest BCUT2D eigenvalue weighted by Gasteiger charge is -2.18. The highest BCUT2D eigenvalue weighted by molar-refractivity contribution is 5.95. The maximum Gasteiger partial charge on any atom is 0.280 e. The SMILES string of the molecule is CC(C)=CCn1c(=O)c(C(=O)N[C@H]2CCN(c3ccc4ncc(C5CC5)n4n3)C2)c(C)n1C.COc1cccnc1. The Labute approximate surface area is 239 Å². The monoisotopic (exact) mass is 558 g/mol. The maximum atomic E-state index is 13.1. The number of rotatable bonds is 7. The number of allylic oxidation sites excluding steroid dienone is 2. The molecule has 1 atom stereocenters. The van der Waals surface area contributed by atoms with Crippen LogP contribution in [0.5, 0.6) is 5.75 Å². The van der Waals surface area contributed by atoms with Gasteiger partial charge < -0.3 is 15.0 Å². The number of ether oxygens (including phenoxy) is 1. The summed E-state index contributed by atoms with van der Waals surface area (Å²) in [6, 6.07) is 7.65. The Kier molecular flexibility index (Phi) is 8.23. The number of carbonyl (C=O) groups is 1. The number of hydrogen-bond donors (Lipinski definition) is 1. The molecule has 1 aliphatic heterocycles. The van der Waals surface area contributed by atoms with E-state index < -0.39 is 0 Å². The van der Waals surface area contributed by atoms with Gasteiger partial charge in [0.2, 0.25) is 0 Å². The van der Waals surface area contributed by atoms with Gasteiger partial charge in [0, 0.05) is 44.0 Å². The van der Waals surface area contributed by atoms with Crippen LogP contribution in [0.4, 0.5) is 5.82 Å². The first-order valence-electron chi connectivity index (χ1n) is 14.0. The minimum Gasteiger partial charge on any atom is -0.495 e. The summed E-state index contributed by atoms with van der Waals surface area (Å²) in [6.45, 7) is 7.72. The molecular weight excluding hydrogens is 520 g/mol. The smallest absolute Gasteiger partial charge is 0.280 e. The van der Waals surface area contributed by atoms with E-state index in [1.807, 2.05) is 68.9 Å². The van der Waals surface area contributed by atoms with Crippen LogP contribution in [0.25, 0.3) is 5.65 Å². The highest BCUT2D eigenvalue weighted by Crippen LogP contribution is 2.40. The Morgan fingerprint density at radius 2 is 1.98 bits per heavy atom.